The molecule has 21 heteroatoms. The van der Waals surface area contributed by atoms with Crippen LogP contribution in [0.25, 0.3) is 0 Å². The maximum absolute atomic E-state index is 10.9. The summed E-state index contributed by atoms with van der Waals surface area (Å²) in [5.74, 6) is 0. The molecular formula is C24H42O21. The quantitative estimate of drug-likeness (QED) is 0.103. The molecule has 0 spiro atoms. The lowest BCUT2D eigenvalue weighted by Gasteiger charge is -2.49. The van der Waals surface area contributed by atoms with Crippen molar-refractivity contribution >= 4 is 0 Å². The topological polar surface area (TPSA) is 348 Å². The van der Waals surface area contributed by atoms with E-state index < -0.39 is 149 Å². The van der Waals surface area contributed by atoms with Gasteiger partial charge in [0.1, 0.15) is 97.7 Å². The van der Waals surface area contributed by atoms with E-state index in [9.17, 15) is 71.5 Å². The number of ether oxygens (including phenoxy) is 7. The van der Waals surface area contributed by atoms with Crippen molar-refractivity contribution in [1.82, 2.24) is 0 Å². The normalized spacial score (nSPS) is 52.9. The van der Waals surface area contributed by atoms with Crippen molar-refractivity contribution in [3.05, 3.63) is 0 Å². The van der Waals surface area contributed by atoms with Gasteiger partial charge in [0.2, 0.25) is 0 Å². The van der Waals surface area contributed by atoms with Gasteiger partial charge in [-0.1, -0.05) is 0 Å². The lowest BCUT2D eigenvalue weighted by molar-refractivity contribution is -0.387. The smallest absolute Gasteiger partial charge is 0.187 e. The van der Waals surface area contributed by atoms with Gasteiger partial charge in [-0.25, -0.2) is 0 Å². The van der Waals surface area contributed by atoms with Crippen LogP contribution in [0.1, 0.15) is 0 Å². The Labute approximate surface area is 254 Å². The summed E-state index contributed by atoms with van der Waals surface area (Å²) in [6.07, 6.45) is -35.3. The van der Waals surface area contributed by atoms with Crippen molar-refractivity contribution in [1.29, 1.82) is 0 Å². The summed E-state index contributed by atoms with van der Waals surface area (Å²) in [5.41, 5.74) is 0. The number of aliphatic hydroxyl groups excluding tert-OH is 14. The third-order valence-electron chi connectivity index (χ3n) is 8.20. The third kappa shape index (κ3) is 7.44. The van der Waals surface area contributed by atoms with Crippen LogP contribution in [0.3, 0.4) is 0 Å². The molecule has 4 fully saturated rings. The molecule has 0 aromatic heterocycles. The van der Waals surface area contributed by atoms with Crippen molar-refractivity contribution in [2.24, 2.45) is 0 Å². The molecule has 0 aliphatic carbocycles. The van der Waals surface area contributed by atoms with E-state index >= 15 is 0 Å². The largest absolute Gasteiger partial charge is 0.394 e. The maximum Gasteiger partial charge on any atom is 0.187 e. The first-order chi connectivity index (χ1) is 21.3. The Morgan fingerprint density at radius 3 is 1.02 bits per heavy atom. The molecule has 0 radical (unpaired) electrons. The predicted octanol–water partition coefficient (Wildman–Crippen LogP) is -9.75. The summed E-state index contributed by atoms with van der Waals surface area (Å²) in [6, 6.07) is 0. The van der Waals surface area contributed by atoms with Crippen LogP contribution in [0.2, 0.25) is 0 Å². The van der Waals surface area contributed by atoms with Crippen LogP contribution in [-0.4, -0.2) is 221 Å². The first kappa shape index (κ1) is 37.0. The van der Waals surface area contributed by atoms with E-state index in [2.05, 4.69) is 0 Å². The standard InChI is InChI=1S/C24H42O21/c25-1-5-9(29)10(30)15(35)22(40-5)44-19-7(3-27)42-24(17(37)12(19)32)45-20-8(4-28)41-23(16(36)13(20)33)43-18-6(2-26)39-21(38)14(34)11(18)31/h5-38H,1-4H2/t5-,6-,7-,8-,9-,10+,11-,12-,13-,14-,15-,16-,17-,18+,19+,20+,21?,22+,23+,24+/m1/s1. The molecule has 0 aromatic rings. The zero-order valence-corrected chi connectivity index (χ0v) is 23.5. The van der Waals surface area contributed by atoms with Crippen LogP contribution in [0.15, 0.2) is 0 Å². The first-order valence-electron chi connectivity index (χ1n) is 14.1. The Kier molecular flexibility index (Phi) is 12.8. The molecule has 4 aliphatic rings. The van der Waals surface area contributed by atoms with Crippen molar-refractivity contribution in [2.75, 3.05) is 26.4 Å². The van der Waals surface area contributed by atoms with Gasteiger partial charge >= 0.3 is 0 Å². The Balaban J connectivity index is 1.43. The Morgan fingerprint density at radius 2 is 0.644 bits per heavy atom. The molecular weight excluding hydrogens is 624 g/mol. The van der Waals surface area contributed by atoms with E-state index in [0.29, 0.717) is 0 Å². The van der Waals surface area contributed by atoms with Gasteiger partial charge in [0, 0.05) is 0 Å². The molecule has 4 aliphatic heterocycles. The maximum atomic E-state index is 10.9. The van der Waals surface area contributed by atoms with Crippen molar-refractivity contribution in [3.8, 4) is 0 Å². The minimum atomic E-state index is -2.02. The fraction of sp³-hybridized carbons (Fsp3) is 1.00. The number of aliphatic hydroxyl groups is 14. The van der Waals surface area contributed by atoms with E-state index in [4.69, 9.17) is 33.2 Å². The lowest BCUT2D eigenvalue weighted by Crippen LogP contribution is -2.67. The minimum Gasteiger partial charge on any atom is -0.394 e. The molecule has 264 valence electrons. The Hall–Kier alpha value is -0.840. The molecule has 1 unspecified atom stereocenters. The summed E-state index contributed by atoms with van der Waals surface area (Å²) in [6.45, 7) is -3.39. The first-order valence-corrected chi connectivity index (χ1v) is 14.1. The zero-order chi connectivity index (χ0) is 33.3. The van der Waals surface area contributed by atoms with E-state index in [1.165, 1.54) is 0 Å². The van der Waals surface area contributed by atoms with E-state index in [1.807, 2.05) is 0 Å². The van der Waals surface area contributed by atoms with Crippen LogP contribution < -0.4 is 0 Å². The molecule has 4 rings (SSSR count). The highest BCUT2D eigenvalue weighted by Crippen LogP contribution is 2.34. The summed E-state index contributed by atoms with van der Waals surface area (Å²) in [5, 5.41) is 142. The van der Waals surface area contributed by atoms with Crippen molar-refractivity contribution < 1.29 is 105 Å². The van der Waals surface area contributed by atoms with E-state index in [1.54, 1.807) is 0 Å². The summed E-state index contributed by atoms with van der Waals surface area (Å²) in [4.78, 5) is 0. The SMILES string of the molecule is OC[C@H]1O[C@@H](O[C@@H]2[C@H](O)[C@@H](O)[C@H](O[C@@H]3[C@H](O)[C@@H](O)[C@H](O[C@@H]4[C@H](O)[C@@H](O)C(O)O[C@@H]4CO)O[C@@H]3CO)O[C@@H]2CO)[C@H](O)[C@@H](O)[C@@H]1O. The molecule has 0 saturated carbocycles. The van der Waals surface area contributed by atoms with Gasteiger partial charge in [0.05, 0.1) is 26.4 Å². The van der Waals surface area contributed by atoms with Gasteiger partial charge in [-0.2, -0.15) is 0 Å². The average Bonchev–Trinajstić information content (AvgIpc) is 3.03. The lowest BCUT2D eigenvalue weighted by atomic mass is 9.95. The Bertz CT molecular complexity index is 910. The molecule has 45 heavy (non-hydrogen) atoms. The average molecular weight is 667 g/mol. The fourth-order valence-corrected chi connectivity index (χ4v) is 5.55. The van der Waals surface area contributed by atoms with E-state index in [-0.39, 0.29) is 0 Å². The van der Waals surface area contributed by atoms with Crippen LogP contribution >= 0.6 is 0 Å². The van der Waals surface area contributed by atoms with E-state index in [0.717, 1.165) is 0 Å². The zero-order valence-electron chi connectivity index (χ0n) is 23.5. The number of rotatable bonds is 10. The molecule has 4 heterocycles. The van der Waals surface area contributed by atoms with Gasteiger partial charge in [-0.3, -0.25) is 0 Å². The fourth-order valence-electron chi connectivity index (χ4n) is 5.55. The van der Waals surface area contributed by atoms with Crippen LogP contribution in [0, 0.1) is 0 Å². The van der Waals surface area contributed by atoms with Gasteiger partial charge in [0.25, 0.3) is 0 Å². The molecule has 0 amide bonds. The molecule has 0 bridgehead atoms. The monoisotopic (exact) mass is 666 g/mol. The number of hydrogen-bond donors (Lipinski definition) is 14. The molecule has 0 aromatic carbocycles. The third-order valence-corrected chi connectivity index (χ3v) is 8.20. The summed E-state index contributed by atoms with van der Waals surface area (Å²) in [7, 11) is 0. The second-order valence-corrected chi connectivity index (χ2v) is 11.1. The van der Waals surface area contributed by atoms with Gasteiger partial charge < -0.3 is 105 Å². The summed E-state index contributed by atoms with van der Waals surface area (Å²) < 4.78 is 37.7. The molecule has 14 N–H and O–H groups in total. The predicted molar refractivity (Wildman–Crippen MR) is 134 cm³/mol. The Morgan fingerprint density at radius 1 is 0.333 bits per heavy atom. The number of hydrogen-bond acceptors (Lipinski definition) is 21. The molecule has 21 nitrogen and oxygen atoms in total. The van der Waals surface area contributed by atoms with Crippen molar-refractivity contribution in [2.45, 2.75) is 123 Å². The second kappa shape index (κ2) is 15.6. The van der Waals surface area contributed by atoms with Crippen LogP contribution in [0.5, 0.6) is 0 Å². The highest BCUT2D eigenvalue weighted by atomic mass is 16.8. The van der Waals surface area contributed by atoms with Gasteiger partial charge in [0.15, 0.2) is 25.2 Å². The molecule has 4 saturated heterocycles. The van der Waals surface area contributed by atoms with Crippen molar-refractivity contribution in [3.63, 3.8) is 0 Å². The summed E-state index contributed by atoms with van der Waals surface area (Å²) >= 11 is 0. The minimum absolute atomic E-state index is 0.784. The van der Waals surface area contributed by atoms with Gasteiger partial charge in [-0.05, 0) is 0 Å². The van der Waals surface area contributed by atoms with Crippen LogP contribution in [0.4, 0.5) is 0 Å². The second-order valence-electron chi connectivity index (χ2n) is 11.1. The van der Waals surface area contributed by atoms with Gasteiger partial charge in [-0.15, -0.1) is 0 Å². The van der Waals surface area contributed by atoms with Crippen LogP contribution in [-0.2, 0) is 33.2 Å². The molecule has 20 atom stereocenters. The highest BCUT2D eigenvalue weighted by Gasteiger charge is 2.55. The highest BCUT2D eigenvalue weighted by molar-refractivity contribution is 4.97.